The zero-order valence-corrected chi connectivity index (χ0v) is 11.5. The zero-order chi connectivity index (χ0) is 12.8. The third-order valence-corrected chi connectivity index (χ3v) is 3.18. The molecule has 0 saturated carbocycles. The molecule has 0 bridgehead atoms. The molecule has 0 amide bonds. The summed E-state index contributed by atoms with van der Waals surface area (Å²) in [5.41, 5.74) is 4.93. The van der Waals surface area contributed by atoms with E-state index < -0.39 is 0 Å². The lowest BCUT2D eigenvalue weighted by Crippen LogP contribution is -2.23. The highest BCUT2D eigenvalue weighted by Gasteiger charge is 1.95. The Balaban J connectivity index is 1.86. The molecule has 0 aliphatic heterocycles. The number of anilines is 1. The molecule has 3 nitrogen and oxygen atoms in total. The molecule has 0 radical (unpaired) electrons. The summed E-state index contributed by atoms with van der Waals surface area (Å²) in [6.45, 7) is 2.04. The van der Waals surface area contributed by atoms with Gasteiger partial charge in [-0.25, -0.2) is 0 Å². The van der Waals surface area contributed by atoms with Gasteiger partial charge in [-0.05, 0) is 48.3 Å². The van der Waals surface area contributed by atoms with Crippen LogP contribution in [0.4, 0.5) is 5.69 Å². The Labute approximate surface area is 116 Å². The van der Waals surface area contributed by atoms with Gasteiger partial charge in [-0.15, -0.1) is 11.3 Å². The van der Waals surface area contributed by atoms with Crippen molar-refractivity contribution in [1.82, 2.24) is 5.43 Å². The number of thiophene rings is 1. The maximum Gasteiger partial charge on any atom is 0.191 e. The predicted octanol–water partition coefficient (Wildman–Crippen LogP) is 3.38. The first kappa shape index (κ1) is 12.7. The topological polar surface area (TPSA) is 36.4 Å². The quantitative estimate of drug-likeness (QED) is 0.512. The summed E-state index contributed by atoms with van der Waals surface area (Å²) in [4.78, 5) is 1.08. The third kappa shape index (κ3) is 3.94. The summed E-state index contributed by atoms with van der Waals surface area (Å²) in [6, 6.07) is 12.0. The molecule has 0 saturated heterocycles. The summed E-state index contributed by atoms with van der Waals surface area (Å²) in [5, 5.41) is 9.62. The van der Waals surface area contributed by atoms with Gasteiger partial charge in [-0.2, -0.15) is 5.10 Å². The summed E-state index contributed by atoms with van der Waals surface area (Å²) >= 11 is 6.77. The molecule has 0 fully saturated rings. The van der Waals surface area contributed by atoms with Crippen LogP contribution < -0.4 is 10.7 Å². The number of nitrogens with zero attached hydrogens (tertiary/aromatic N) is 1. The highest BCUT2D eigenvalue weighted by molar-refractivity contribution is 7.80. The number of rotatable bonds is 3. The Morgan fingerprint density at radius 1 is 1.33 bits per heavy atom. The van der Waals surface area contributed by atoms with E-state index in [-0.39, 0.29) is 0 Å². The van der Waals surface area contributed by atoms with Crippen molar-refractivity contribution in [3.8, 4) is 0 Å². The van der Waals surface area contributed by atoms with E-state index in [0.29, 0.717) is 5.11 Å². The van der Waals surface area contributed by atoms with E-state index in [4.69, 9.17) is 12.2 Å². The Morgan fingerprint density at radius 2 is 2.22 bits per heavy atom. The molecule has 0 spiro atoms. The minimum Gasteiger partial charge on any atom is -0.331 e. The monoisotopic (exact) mass is 275 g/mol. The molecule has 2 aromatic rings. The maximum atomic E-state index is 5.14. The van der Waals surface area contributed by atoms with Gasteiger partial charge in [0.05, 0.1) is 6.21 Å². The van der Waals surface area contributed by atoms with E-state index in [0.717, 1.165) is 10.6 Å². The van der Waals surface area contributed by atoms with Crippen molar-refractivity contribution in [2.24, 2.45) is 5.10 Å². The fourth-order valence-corrected chi connectivity index (χ4v) is 2.16. The van der Waals surface area contributed by atoms with E-state index in [1.165, 1.54) is 5.56 Å². The van der Waals surface area contributed by atoms with Crippen molar-refractivity contribution in [2.75, 3.05) is 5.32 Å². The number of nitrogens with one attached hydrogen (secondary N) is 2. The van der Waals surface area contributed by atoms with Crippen LogP contribution in [0.1, 0.15) is 10.4 Å². The van der Waals surface area contributed by atoms with E-state index in [2.05, 4.69) is 15.8 Å². The summed E-state index contributed by atoms with van der Waals surface area (Å²) in [7, 11) is 0. The first-order valence-corrected chi connectivity index (χ1v) is 6.73. The molecule has 18 heavy (non-hydrogen) atoms. The highest BCUT2D eigenvalue weighted by Crippen LogP contribution is 2.09. The van der Waals surface area contributed by atoms with Crippen LogP contribution in [-0.4, -0.2) is 11.3 Å². The van der Waals surface area contributed by atoms with Gasteiger partial charge in [0.25, 0.3) is 0 Å². The highest BCUT2D eigenvalue weighted by atomic mass is 32.1. The molecule has 1 heterocycles. The van der Waals surface area contributed by atoms with Crippen LogP contribution in [0.5, 0.6) is 0 Å². The van der Waals surface area contributed by atoms with Crippen LogP contribution in [-0.2, 0) is 0 Å². The van der Waals surface area contributed by atoms with Gasteiger partial charge in [0.2, 0.25) is 0 Å². The number of thiocarbonyl (C=S) groups is 1. The van der Waals surface area contributed by atoms with Crippen LogP contribution in [0.2, 0.25) is 0 Å². The van der Waals surface area contributed by atoms with Crippen LogP contribution in [0.25, 0.3) is 0 Å². The van der Waals surface area contributed by atoms with E-state index in [1.807, 2.05) is 48.7 Å². The van der Waals surface area contributed by atoms with Gasteiger partial charge in [0.15, 0.2) is 5.11 Å². The Morgan fingerprint density at radius 3 is 2.94 bits per heavy atom. The van der Waals surface area contributed by atoms with Crippen LogP contribution in [0.15, 0.2) is 46.9 Å². The maximum absolute atomic E-state index is 5.14. The molecule has 92 valence electrons. The minimum absolute atomic E-state index is 0.480. The average molecular weight is 275 g/mol. The van der Waals surface area contributed by atoms with E-state index in [9.17, 15) is 0 Å². The lowest BCUT2D eigenvalue weighted by molar-refractivity contribution is 1.05. The smallest absolute Gasteiger partial charge is 0.191 e. The van der Waals surface area contributed by atoms with Gasteiger partial charge in [0, 0.05) is 10.6 Å². The largest absolute Gasteiger partial charge is 0.331 e. The number of hydrogen-bond donors (Lipinski definition) is 2. The molecule has 0 aliphatic rings. The second kappa shape index (κ2) is 6.28. The Kier molecular flexibility index (Phi) is 4.44. The molecule has 2 N–H and O–H groups in total. The first-order valence-electron chi connectivity index (χ1n) is 5.44. The number of aryl methyl sites for hydroxylation is 1. The van der Waals surface area contributed by atoms with Crippen molar-refractivity contribution in [1.29, 1.82) is 0 Å². The molecule has 2 rings (SSSR count). The SMILES string of the molecule is Cc1cccc(NC(=S)NN=Cc2cccs2)c1. The average Bonchev–Trinajstić information content (AvgIpc) is 2.82. The first-order chi connectivity index (χ1) is 8.74. The van der Waals surface area contributed by atoms with Gasteiger partial charge in [-0.1, -0.05) is 18.2 Å². The van der Waals surface area contributed by atoms with Crippen LogP contribution >= 0.6 is 23.6 Å². The predicted molar refractivity (Wildman–Crippen MR) is 82.4 cm³/mol. The molecule has 0 aliphatic carbocycles. The van der Waals surface area contributed by atoms with E-state index >= 15 is 0 Å². The standard InChI is InChI=1S/C13H13N3S2/c1-10-4-2-5-11(8-10)15-13(17)16-14-9-12-6-3-7-18-12/h2-9H,1H3,(H2,15,16,17). The van der Waals surface area contributed by atoms with Crippen molar-refractivity contribution in [3.05, 3.63) is 52.2 Å². The molecular formula is C13H13N3S2. The Hall–Kier alpha value is -1.72. The summed E-state index contributed by atoms with van der Waals surface area (Å²) in [5.74, 6) is 0. The summed E-state index contributed by atoms with van der Waals surface area (Å²) in [6.07, 6.45) is 1.74. The molecule has 5 heteroatoms. The van der Waals surface area contributed by atoms with Crippen LogP contribution in [0.3, 0.4) is 0 Å². The lowest BCUT2D eigenvalue weighted by atomic mass is 10.2. The normalized spacial score (nSPS) is 10.5. The Bertz CT molecular complexity index is 547. The fourth-order valence-electron chi connectivity index (χ4n) is 1.40. The molecule has 0 unspecified atom stereocenters. The van der Waals surface area contributed by atoms with Gasteiger partial charge >= 0.3 is 0 Å². The molecule has 1 aromatic carbocycles. The van der Waals surface area contributed by atoms with Gasteiger partial charge in [-0.3, -0.25) is 5.43 Å². The summed E-state index contributed by atoms with van der Waals surface area (Å²) < 4.78 is 0. The van der Waals surface area contributed by atoms with Gasteiger partial charge in [0.1, 0.15) is 0 Å². The fraction of sp³-hybridized carbons (Fsp3) is 0.0769. The van der Waals surface area contributed by atoms with E-state index in [1.54, 1.807) is 17.6 Å². The third-order valence-electron chi connectivity index (χ3n) is 2.18. The van der Waals surface area contributed by atoms with Crippen LogP contribution in [0, 0.1) is 6.92 Å². The van der Waals surface area contributed by atoms with Crippen molar-refractivity contribution >= 4 is 40.6 Å². The zero-order valence-electron chi connectivity index (χ0n) is 9.88. The number of benzene rings is 1. The number of hydrogen-bond acceptors (Lipinski definition) is 3. The van der Waals surface area contributed by atoms with Gasteiger partial charge < -0.3 is 5.32 Å². The van der Waals surface area contributed by atoms with Crippen molar-refractivity contribution < 1.29 is 0 Å². The molecular weight excluding hydrogens is 262 g/mol. The number of hydrazone groups is 1. The molecule has 1 aromatic heterocycles. The lowest BCUT2D eigenvalue weighted by Gasteiger charge is -2.07. The second-order valence-corrected chi connectivity index (χ2v) is 5.10. The minimum atomic E-state index is 0.480. The van der Waals surface area contributed by atoms with Crippen molar-refractivity contribution in [2.45, 2.75) is 6.92 Å². The second-order valence-electron chi connectivity index (χ2n) is 3.71. The molecule has 0 atom stereocenters. The van der Waals surface area contributed by atoms with Crippen molar-refractivity contribution in [3.63, 3.8) is 0 Å².